The number of aromatic nitrogens is 4. The van der Waals surface area contributed by atoms with Gasteiger partial charge in [0.15, 0.2) is 5.82 Å². The van der Waals surface area contributed by atoms with Crippen LogP contribution in [0.3, 0.4) is 0 Å². The van der Waals surface area contributed by atoms with Crippen LogP contribution >= 0.6 is 0 Å². The van der Waals surface area contributed by atoms with Gasteiger partial charge in [-0.2, -0.15) is 0 Å². The van der Waals surface area contributed by atoms with E-state index in [4.69, 9.17) is 9.47 Å². The van der Waals surface area contributed by atoms with E-state index in [0.29, 0.717) is 13.2 Å². The molecule has 9 heteroatoms. The lowest BCUT2D eigenvalue weighted by molar-refractivity contribution is -0.00000653. The summed E-state index contributed by atoms with van der Waals surface area (Å²) in [7, 11) is 3.43. The number of piperazine rings is 1. The first-order valence-electron chi connectivity index (χ1n) is 9.60. The second-order valence-electron chi connectivity index (χ2n) is 6.80. The lowest BCUT2D eigenvalue weighted by atomic mass is 10.1. The summed E-state index contributed by atoms with van der Waals surface area (Å²) in [6, 6.07) is 8.49. The lowest BCUT2D eigenvalue weighted by Crippen LogP contribution is -3.00. The number of nitrogens with zero attached hydrogens (tertiary/aromatic N) is 6. The molecule has 1 unspecified atom stereocenters. The number of hydrogen-bond acceptors (Lipinski definition) is 7. The Morgan fingerprint density at radius 1 is 1.11 bits per heavy atom. The van der Waals surface area contributed by atoms with Crippen molar-refractivity contribution in [3.63, 3.8) is 0 Å². The fourth-order valence-electron chi connectivity index (χ4n) is 3.70. The Morgan fingerprint density at radius 3 is 2.54 bits per heavy atom. The van der Waals surface area contributed by atoms with E-state index in [-0.39, 0.29) is 18.4 Å². The molecular formula is C19H30ClN6O2-. The molecule has 2 aromatic rings. The molecule has 0 N–H and O–H groups in total. The third-order valence-corrected chi connectivity index (χ3v) is 5.19. The Hall–Kier alpha value is -1.74. The number of benzene rings is 1. The molecule has 1 atom stereocenters. The Morgan fingerprint density at radius 2 is 1.86 bits per heavy atom. The summed E-state index contributed by atoms with van der Waals surface area (Å²) in [6.45, 7) is 8.46. The summed E-state index contributed by atoms with van der Waals surface area (Å²) in [5.41, 5.74) is 1.24. The molecule has 1 saturated heterocycles. The minimum atomic E-state index is 0. The Kier molecular flexibility index (Phi) is 9.11. The van der Waals surface area contributed by atoms with E-state index < -0.39 is 0 Å². The van der Waals surface area contributed by atoms with Crippen LogP contribution < -0.4 is 17.1 Å². The monoisotopic (exact) mass is 409 g/mol. The number of tetrazole rings is 1. The standard InChI is InChI=1S/C19H30N6O2.ClH/c1-4-17(19-20-21-22-25(19)13-14-26-2)24-11-9-23(10-12-24)15-16-7-5-6-8-18(16)27-3;/h5-8,17H,4,9-15H2,1-3H3;1H/p-1. The van der Waals surface area contributed by atoms with Crippen LogP contribution in [0.1, 0.15) is 30.8 Å². The summed E-state index contributed by atoms with van der Waals surface area (Å²) in [4.78, 5) is 4.97. The topological polar surface area (TPSA) is 68.5 Å². The van der Waals surface area contributed by atoms with Crippen LogP contribution in [-0.4, -0.2) is 77.0 Å². The highest BCUT2D eigenvalue weighted by Gasteiger charge is 2.28. The zero-order chi connectivity index (χ0) is 19.1. The van der Waals surface area contributed by atoms with Crippen molar-refractivity contribution in [1.82, 2.24) is 30.0 Å². The maximum Gasteiger partial charge on any atom is 0.168 e. The quantitative estimate of drug-likeness (QED) is 0.504. The SMILES string of the molecule is CCC(c1nnnn1CCOC)N1CCN(Cc2ccccc2OC)CC1.[Cl-]. The molecule has 1 aromatic carbocycles. The highest BCUT2D eigenvalue weighted by Crippen LogP contribution is 2.25. The van der Waals surface area contributed by atoms with Crippen molar-refractivity contribution in [2.24, 2.45) is 0 Å². The van der Waals surface area contributed by atoms with Crippen molar-refractivity contribution in [3.05, 3.63) is 35.7 Å². The third-order valence-electron chi connectivity index (χ3n) is 5.19. The second-order valence-corrected chi connectivity index (χ2v) is 6.80. The van der Waals surface area contributed by atoms with Gasteiger partial charge in [0, 0.05) is 45.4 Å². The fraction of sp³-hybridized carbons (Fsp3) is 0.632. The van der Waals surface area contributed by atoms with Crippen LogP contribution in [0, 0.1) is 0 Å². The van der Waals surface area contributed by atoms with Crippen molar-refractivity contribution < 1.29 is 21.9 Å². The van der Waals surface area contributed by atoms with Gasteiger partial charge in [0.25, 0.3) is 0 Å². The van der Waals surface area contributed by atoms with Gasteiger partial charge in [0.05, 0.1) is 26.3 Å². The number of para-hydroxylation sites is 1. The molecule has 1 aliphatic rings. The summed E-state index contributed by atoms with van der Waals surface area (Å²) in [5, 5.41) is 12.3. The third kappa shape index (κ3) is 5.41. The van der Waals surface area contributed by atoms with Crippen LogP contribution in [0.15, 0.2) is 24.3 Å². The molecule has 1 aliphatic heterocycles. The molecule has 0 aliphatic carbocycles. The number of ether oxygens (including phenoxy) is 2. The van der Waals surface area contributed by atoms with Crippen molar-refractivity contribution in [2.45, 2.75) is 32.5 Å². The molecule has 0 spiro atoms. The normalized spacial score (nSPS) is 16.5. The first kappa shape index (κ1) is 22.5. The lowest BCUT2D eigenvalue weighted by Gasteiger charge is -2.38. The smallest absolute Gasteiger partial charge is 0.168 e. The largest absolute Gasteiger partial charge is 1.00 e. The van der Waals surface area contributed by atoms with Gasteiger partial charge >= 0.3 is 0 Å². The van der Waals surface area contributed by atoms with Crippen LogP contribution in [-0.2, 0) is 17.8 Å². The molecule has 0 saturated carbocycles. The molecule has 1 aromatic heterocycles. The van der Waals surface area contributed by atoms with Gasteiger partial charge in [0.2, 0.25) is 0 Å². The van der Waals surface area contributed by atoms with Gasteiger partial charge in [-0.1, -0.05) is 25.1 Å². The molecule has 28 heavy (non-hydrogen) atoms. The van der Waals surface area contributed by atoms with Gasteiger partial charge in [-0.3, -0.25) is 9.80 Å². The molecule has 0 amide bonds. The van der Waals surface area contributed by atoms with Crippen molar-refractivity contribution in [1.29, 1.82) is 0 Å². The Bertz CT molecular complexity index is 705. The minimum Gasteiger partial charge on any atom is -1.00 e. The first-order valence-corrected chi connectivity index (χ1v) is 9.60. The van der Waals surface area contributed by atoms with Gasteiger partial charge in [-0.15, -0.1) is 5.10 Å². The zero-order valence-electron chi connectivity index (χ0n) is 16.9. The van der Waals surface area contributed by atoms with Crippen molar-refractivity contribution in [2.75, 3.05) is 47.0 Å². The molecular weight excluding hydrogens is 380 g/mol. The predicted octanol–water partition coefficient (Wildman–Crippen LogP) is -1.40. The first-order chi connectivity index (χ1) is 13.3. The molecule has 0 radical (unpaired) electrons. The van der Waals surface area contributed by atoms with E-state index >= 15 is 0 Å². The second kappa shape index (κ2) is 11.3. The van der Waals surface area contributed by atoms with E-state index in [1.54, 1.807) is 14.2 Å². The molecule has 156 valence electrons. The summed E-state index contributed by atoms with van der Waals surface area (Å²) in [5.74, 6) is 1.90. The number of halogens is 1. The average Bonchev–Trinajstić information content (AvgIpc) is 3.17. The Balaban J connectivity index is 0.00000280. The number of hydrogen-bond donors (Lipinski definition) is 0. The van der Waals surface area contributed by atoms with E-state index in [9.17, 15) is 0 Å². The molecule has 0 bridgehead atoms. The summed E-state index contributed by atoms with van der Waals surface area (Å²) < 4.78 is 12.5. The van der Waals surface area contributed by atoms with Gasteiger partial charge in [-0.05, 0) is 22.9 Å². The van der Waals surface area contributed by atoms with E-state index in [0.717, 1.165) is 50.7 Å². The highest BCUT2D eigenvalue weighted by atomic mass is 35.5. The molecule has 2 heterocycles. The van der Waals surface area contributed by atoms with Gasteiger partial charge < -0.3 is 21.9 Å². The van der Waals surface area contributed by atoms with Crippen molar-refractivity contribution in [3.8, 4) is 5.75 Å². The van der Waals surface area contributed by atoms with Crippen LogP contribution in [0.25, 0.3) is 0 Å². The van der Waals surface area contributed by atoms with E-state index in [1.807, 2.05) is 16.8 Å². The molecule has 3 rings (SSSR count). The number of methoxy groups -OCH3 is 2. The van der Waals surface area contributed by atoms with Gasteiger partial charge in [-0.25, -0.2) is 4.68 Å². The van der Waals surface area contributed by atoms with Crippen LogP contribution in [0.2, 0.25) is 0 Å². The summed E-state index contributed by atoms with van der Waals surface area (Å²) in [6.07, 6.45) is 0.986. The molecule has 8 nitrogen and oxygen atoms in total. The number of rotatable bonds is 9. The van der Waals surface area contributed by atoms with Crippen LogP contribution in [0.5, 0.6) is 5.75 Å². The predicted molar refractivity (Wildman–Crippen MR) is 103 cm³/mol. The Labute approximate surface area is 173 Å². The van der Waals surface area contributed by atoms with E-state index in [1.165, 1.54) is 5.56 Å². The maximum absolute atomic E-state index is 5.49. The van der Waals surface area contributed by atoms with Gasteiger partial charge in [0.1, 0.15) is 5.75 Å². The fourth-order valence-corrected chi connectivity index (χ4v) is 3.70. The van der Waals surface area contributed by atoms with Crippen molar-refractivity contribution >= 4 is 0 Å². The maximum atomic E-state index is 5.49. The van der Waals surface area contributed by atoms with Crippen LogP contribution in [0.4, 0.5) is 0 Å². The molecule has 1 fully saturated rings. The van der Waals surface area contributed by atoms with E-state index in [2.05, 4.69) is 44.4 Å². The zero-order valence-corrected chi connectivity index (χ0v) is 17.7. The minimum absolute atomic E-state index is 0. The summed E-state index contributed by atoms with van der Waals surface area (Å²) >= 11 is 0. The highest BCUT2D eigenvalue weighted by molar-refractivity contribution is 5.33. The average molecular weight is 410 g/mol.